The van der Waals surface area contributed by atoms with E-state index in [0.29, 0.717) is 5.56 Å². The molecule has 0 radical (unpaired) electrons. The molecule has 0 saturated carbocycles. The van der Waals surface area contributed by atoms with Crippen LogP contribution in [0.15, 0.2) is 29.2 Å². The Kier molecular flexibility index (Phi) is 4.62. The van der Waals surface area contributed by atoms with Crippen molar-refractivity contribution in [2.45, 2.75) is 36.5 Å². The van der Waals surface area contributed by atoms with Gasteiger partial charge in [-0.1, -0.05) is 0 Å². The molecule has 2 rings (SSSR count). The van der Waals surface area contributed by atoms with Crippen molar-refractivity contribution in [1.29, 1.82) is 0 Å². The van der Waals surface area contributed by atoms with Gasteiger partial charge in [-0.05, 0) is 44.5 Å². The monoisotopic (exact) mass is 345 g/mol. The van der Waals surface area contributed by atoms with Crippen molar-refractivity contribution < 1.29 is 21.6 Å². The first-order chi connectivity index (χ1) is 10.1. The molecule has 1 saturated heterocycles. The SMILES string of the molecule is CC(C)NC(=O)c1ccc(S(=O)(=O)[C@@H]2CCS(=O)(=O)C2)cc1. The standard InChI is InChI=1S/C14H19NO5S2/c1-10(2)15-14(16)11-3-5-12(6-4-11)22(19,20)13-7-8-21(17,18)9-13/h3-6,10,13H,7-9H2,1-2H3,(H,15,16)/t13-/m1/s1. The van der Waals surface area contributed by atoms with E-state index in [1.807, 2.05) is 13.8 Å². The van der Waals surface area contributed by atoms with Crippen molar-refractivity contribution in [3.63, 3.8) is 0 Å². The van der Waals surface area contributed by atoms with Crippen LogP contribution in [0.5, 0.6) is 0 Å². The molecule has 1 atom stereocenters. The van der Waals surface area contributed by atoms with Gasteiger partial charge < -0.3 is 5.32 Å². The van der Waals surface area contributed by atoms with E-state index in [1.165, 1.54) is 24.3 Å². The molecule has 1 aliphatic rings. The molecule has 1 N–H and O–H groups in total. The first kappa shape index (κ1) is 17.0. The first-order valence-electron chi connectivity index (χ1n) is 6.97. The highest BCUT2D eigenvalue weighted by atomic mass is 32.2. The fourth-order valence-electron chi connectivity index (χ4n) is 2.34. The number of carbonyl (C=O) groups is 1. The van der Waals surface area contributed by atoms with Gasteiger partial charge in [0.1, 0.15) is 0 Å². The van der Waals surface area contributed by atoms with Crippen molar-refractivity contribution in [3.05, 3.63) is 29.8 Å². The molecule has 1 heterocycles. The summed E-state index contributed by atoms with van der Waals surface area (Å²) < 4.78 is 47.7. The Balaban J connectivity index is 2.21. The van der Waals surface area contributed by atoms with Gasteiger partial charge >= 0.3 is 0 Å². The number of sulfone groups is 2. The number of carbonyl (C=O) groups excluding carboxylic acids is 1. The van der Waals surface area contributed by atoms with E-state index in [4.69, 9.17) is 0 Å². The third-order valence-corrected chi connectivity index (χ3v) is 7.68. The van der Waals surface area contributed by atoms with E-state index in [9.17, 15) is 21.6 Å². The van der Waals surface area contributed by atoms with Crippen LogP contribution in [0.3, 0.4) is 0 Å². The van der Waals surface area contributed by atoms with Crippen LogP contribution in [-0.2, 0) is 19.7 Å². The molecule has 22 heavy (non-hydrogen) atoms. The molecule has 1 aromatic rings. The predicted molar refractivity (Wildman–Crippen MR) is 83.3 cm³/mol. The highest BCUT2D eigenvalue weighted by Gasteiger charge is 2.37. The Morgan fingerprint density at radius 1 is 1.23 bits per heavy atom. The molecule has 0 aromatic heterocycles. The highest BCUT2D eigenvalue weighted by molar-refractivity contribution is 7.96. The third-order valence-electron chi connectivity index (χ3n) is 3.49. The summed E-state index contributed by atoms with van der Waals surface area (Å²) in [5.41, 5.74) is 0.367. The average molecular weight is 345 g/mol. The van der Waals surface area contributed by atoms with Crippen LogP contribution in [-0.4, -0.2) is 45.5 Å². The first-order valence-corrected chi connectivity index (χ1v) is 10.3. The summed E-state index contributed by atoms with van der Waals surface area (Å²) in [6.45, 7) is 3.66. The van der Waals surface area contributed by atoms with Gasteiger partial charge in [0.2, 0.25) is 0 Å². The molecule has 0 spiro atoms. The fourth-order valence-corrected chi connectivity index (χ4v) is 6.70. The lowest BCUT2D eigenvalue weighted by molar-refractivity contribution is 0.0943. The maximum Gasteiger partial charge on any atom is 0.251 e. The molecule has 1 fully saturated rings. The van der Waals surface area contributed by atoms with Crippen molar-refractivity contribution in [3.8, 4) is 0 Å². The molecular weight excluding hydrogens is 326 g/mol. The number of rotatable bonds is 4. The second-order valence-corrected chi connectivity index (χ2v) is 10.2. The van der Waals surface area contributed by atoms with Crippen LogP contribution in [0.4, 0.5) is 0 Å². The van der Waals surface area contributed by atoms with E-state index in [-0.39, 0.29) is 34.8 Å². The molecule has 8 heteroatoms. The van der Waals surface area contributed by atoms with Gasteiger partial charge in [-0.2, -0.15) is 0 Å². The van der Waals surface area contributed by atoms with Crippen LogP contribution >= 0.6 is 0 Å². The molecule has 1 aliphatic heterocycles. The summed E-state index contributed by atoms with van der Waals surface area (Å²) in [7, 11) is -6.95. The minimum absolute atomic E-state index is 0.0143. The Labute approximate surface area is 130 Å². The van der Waals surface area contributed by atoms with Gasteiger partial charge in [0.25, 0.3) is 5.91 Å². The topological polar surface area (TPSA) is 97.4 Å². The lowest BCUT2D eigenvalue weighted by atomic mass is 10.2. The maximum atomic E-state index is 12.4. The van der Waals surface area contributed by atoms with Crippen molar-refractivity contribution in [2.75, 3.05) is 11.5 Å². The summed E-state index contributed by atoms with van der Waals surface area (Å²) >= 11 is 0. The normalized spacial score (nSPS) is 21.0. The van der Waals surface area contributed by atoms with Gasteiger partial charge in [0, 0.05) is 11.6 Å². The summed E-state index contributed by atoms with van der Waals surface area (Å²) in [4.78, 5) is 11.9. The van der Waals surface area contributed by atoms with Crippen LogP contribution in [0, 0.1) is 0 Å². The summed E-state index contributed by atoms with van der Waals surface area (Å²) in [5.74, 6) is -0.696. The quantitative estimate of drug-likeness (QED) is 0.870. The van der Waals surface area contributed by atoms with Gasteiger partial charge in [-0.3, -0.25) is 4.79 Å². The fraction of sp³-hybridized carbons (Fsp3) is 0.500. The lowest BCUT2D eigenvalue weighted by Crippen LogP contribution is -2.30. The van der Waals surface area contributed by atoms with Crippen LogP contribution in [0.2, 0.25) is 0 Å². The van der Waals surface area contributed by atoms with E-state index in [1.54, 1.807) is 0 Å². The van der Waals surface area contributed by atoms with Gasteiger partial charge in [0.15, 0.2) is 19.7 Å². The number of amides is 1. The van der Waals surface area contributed by atoms with Crippen LogP contribution < -0.4 is 5.32 Å². The second kappa shape index (κ2) is 6.00. The Bertz CT molecular complexity index is 764. The molecule has 0 aliphatic carbocycles. The number of hydrogen-bond donors (Lipinski definition) is 1. The lowest BCUT2D eigenvalue weighted by Gasteiger charge is -2.11. The van der Waals surface area contributed by atoms with E-state index >= 15 is 0 Å². The summed E-state index contributed by atoms with van der Waals surface area (Å²) in [5, 5.41) is 1.82. The Hall–Kier alpha value is -1.41. The van der Waals surface area contributed by atoms with E-state index in [2.05, 4.69) is 5.32 Å². The molecule has 1 amide bonds. The predicted octanol–water partition coefficient (Wildman–Crippen LogP) is 0.786. The molecule has 6 nitrogen and oxygen atoms in total. The van der Waals surface area contributed by atoms with Crippen molar-refractivity contribution >= 4 is 25.6 Å². The zero-order valence-electron chi connectivity index (χ0n) is 12.4. The number of hydrogen-bond acceptors (Lipinski definition) is 5. The van der Waals surface area contributed by atoms with Gasteiger partial charge in [-0.25, -0.2) is 16.8 Å². The van der Waals surface area contributed by atoms with Crippen molar-refractivity contribution in [1.82, 2.24) is 5.32 Å². The second-order valence-electron chi connectivity index (χ2n) is 5.72. The average Bonchev–Trinajstić information content (AvgIpc) is 2.79. The maximum absolute atomic E-state index is 12.4. The van der Waals surface area contributed by atoms with Gasteiger partial charge in [-0.15, -0.1) is 0 Å². The minimum Gasteiger partial charge on any atom is -0.350 e. The molecule has 1 aromatic carbocycles. The Morgan fingerprint density at radius 3 is 2.27 bits per heavy atom. The number of benzene rings is 1. The zero-order chi connectivity index (χ0) is 16.5. The molecular formula is C14H19NO5S2. The summed E-state index contributed by atoms with van der Waals surface area (Å²) in [6, 6.07) is 5.58. The molecule has 122 valence electrons. The van der Waals surface area contributed by atoms with E-state index in [0.717, 1.165) is 0 Å². The highest BCUT2D eigenvalue weighted by Crippen LogP contribution is 2.25. The van der Waals surface area contributed by atoms with Crippen molar-refractivity contribution in [2.24, 2.45) is 0 Å². The van der Waals surface area contributed by atoms with Crippen LogP contribution in [0.25, 0.3) is 0 Å². The Morgan fingerprint density at radius 2 is 1.82 bits per heavy atom. The third kappa shape index (κ3) is 3.67. The number of nitrogens with one attached hydrogen (secondary N) is 1. The largest absolute Gasteiger partial charge is 0.350 e. The van der Waals surface area contributed by atoms with Crippen LogP contribution in [0.1, 0.15) is 30.6 Å². The minimum atomic E-state index is -3.69. The summed E-state index contributed by atoms with van der Waals surface area (Å²) in [6.07, 6.45) is 0.125. The van der Waals surface area contributed by atoms with E-state index < -0.39 is 24.9 Å². The molecule has 0 bridgehead atoms. The molecule has 0 unspecified atom stereocenters. The smallest absolute Gasteiger partial charge is 0.251 e. The van der Waals surface area contributed by atoms with Gasteiger partial charge in [0.05, 0.1) is 21.7 Å². The zero-order valence-corrected chi connectivity index (χ0v) is 14.1.